The highest BCUT2D eigenvalue weighted by Gasteiger charge is 2.51. The first-order valence-electron chi connectivity index (χ1n) is 9.83. The van der Waals surface area contributed by atoms with Crippen LogP contribution in [0, 0.1) is 0 Å². The Morgan fingerprint density at radius 3 is 2.19 bits per heavy atom. The highest BCUT2D eigenvalue weighted by molar-refractivity contribution is 6.23. The molecule has 4 rings (SSSR count). The summed E-state index contributed by atoms with van der Waals surface area (Å²) in [5.41, 5.74) is 1.90. The number of carbonyl (C=O) groups is 4. The van der Waals surface area contributed by atoms with Gasteiger partial charge < -0.3 is 14.7 Å². The van der Waals surface area contributed by atoms with Gasteiger partial charge >= 0.3 is 5.97 Å². The van der Waals surface area contributed by atoms with E-state index in [2.05, 4.69) is 0 Å². The number of likely N-dealkylation sites (tertiary alicyclic amines) is 1. The minimum Gasteiger partial charge on any atom is -0.461 e. The summed E-state index contributed by atoms with van der Waals surface area (Å²) >= 11 is 0. The van der Waals surface area contributed by atoms with E-state index in [4.69, 9.17) is 4.74 Å². The van der Waals surface area contributed by atoms with Crippen LogP contribution in [0.2, 0.25) is 0 Å². The average molecular weight is 420 g/mol. The van der Waals surface area contributed by atoms with Crippen molar-refractivity contribution in [3.63, 3.8) is 0 Å². The van der Waals surface area contributed by atoms with E-state index in [1.54, 1.807) is 55.5 Å². The van der Waals surface area contributed by atoms with Crippen molar-refractivity contribution in [2.24, 2.45) is 0 Å². The van der Waals surface area contributed by atoms with Gasteiger partial charge in [-0.2, -0.15) is 0 Å². The Morgan fingerprint density at radius 1 is 1.06 bits per heavy atom. The van der Waals surface area contributed by atoms with Crippen molar-refractivity contribution in [1.29, 1.82) is 0 Å². The molecule has 2 heterocycles. The van der Waals surface area contributed by atoms with Crippen molar-refractivity contribution >= 4 is 29.8 Å². The van der Waals surface area contributed by atoms with Crippen LogP contribution >= 0.6 is 0 Å². The van der Waals surface area contributed by atoms with E-state index < -0.39 is 29.7 Å². The Bertz CT molecular complexity index is 1070. The van der Waals surface area contributed by atoms with Crippen LogP contribution in [0.1, 0.15) is 38.8 Å². The molecule has 2 aliphatic rings. The molecule has 2 aliphatic heterocycles. The molecular formula is C23H20N2O6. The third-order valence-electron chi connectivity index (χ3n) is 5.28. The number of rotatable bonds is 6. The lowest BCUT2D eigenvalue weighted by Crippen LogP contribution is -2.65. The molecule has 0 bridgehead atoms. The molecule has 0 radical (unpaired) electrons. The molecule has 0 aliphatic carbocycles. The number of β-lactam (4-membered cyclic amide) rings is 1. The lowest BCUT2D eigenvalue weighted by molar-refractivity contribution is -0.151. The largest absolute Gasteiger partial charge is 0.461 e. The number of hydrogen-bond acceptors (Lipinski definition) is 6. The van der Waals surface area contributed by atoms with Gasteiger partial charge in [-0.3, -0.25) is 19.3 Å². The first-order valence-corrected chi connectivity index (χ1v) is 9.83. The number of esters is 1. The second kappa shape index (κ2) is 8.16. The number of amides is 3. The van der Waals surface area contributed by atoms with Crippen molar-refractivity contribution in [2.45, 2.75) is 19.6 Å². The van der Waals surface area contributed by atoms with Crippen LogP contribution in [-0.2, 0) is 20.9 Å². The van der Waals surface area contributed by atoms with E-state index in [0.717, 1.165) is 4.90 Å². The number of hydrogen-bond donors (Lipinski definition) is 1. The smallest absolute Gasteiger partial charge is 0.355 e. The lowest BCUT2D eigenvalue weighted by Gasteiger charge is -2.42. The molecule has 2 aromatic carbocycles. The van der Waals surface area contributed by atoms with E-state index in [-0.39, 0.29) is 36.6 Å². The minimum absolute atomic E-state index is 0.00364. The van der Waals surface area contributed by atoms with Crippen LogP contribution in [0.3, 0.4) is 0 Å². The van der Waals surface area contributed by atoms with Crippen molar-refractivity contribution in [3.8, 4) is 0 Å². The van der Waals surface area contributed by atoms with E-state index in [9.17, 15) is 24.3 Å². The summed E-state index contributed by atoms with van der Waals surface area (Å²) in [5.74, 6) is -2.23. The summed E-state index contributed by atoms with van der Waals surface area (Å²) in [4.78, 5) is 52.9. The molecule has 31 heavy (non-hydrogen) atoms. The molecule has 8 heteroatoms. The van der Waals surface area contributed by atoms with Gasteiger partial charge in [-0.25, -0.2) is 4.79 Å². The van der Waals surface area contributed by atoms with E-state index in [1.807, 2.05) is 0 Å². The maximum absolute atomic E-state index is 12.9. The van der Waals surface area contributed by atoms with Gasteiger partial charge in [-0.15, -0.1) is 0 Å². The quantitative estimate of drug-likeness (QED) is 0.329. The zero-order valence-electron chi connectivity index (χ0n) is 16.8. The molecule has 0 unspecified atom stereocenters. The fourth-order valence-electron chi connectivity index (χ4n) is 3.64. The number of nitrogens with zero attached hydrogens (tertiary/aromatic N) is 2. The molecule has 2 aromatic rings. The Balaban J connectivity index is 1.58. The van der Waals surface area contributed by atoms with E-state index >= 15 is 0 Å². The second-order valence-electron chi connectivity index (χ2n) is 7.14. The molecule has 1 saturated heterocycles. The number of imide groups is 1. The number of carbonyl (C=O) groups excluding carboxylic acids is 4. The Morgan fingerprint density at radius 2 is 1.68 bits per heavy atom. The van der Waals surface area contributed by atoms with Crippen molar-refractivity contribution in [1.82, 2.24) is 9.80 Å². The first-order chi connectivity index (χ1) is 15.0. The standard InChI is InChI=1S/C23H20N2O6/c1-2-31-23(30)18(11-14-7-9-15(13-26)10-8-14)24-12-19(22(24)29)25-20(27)16-5-3-4-6-17(16)21(25)28/h3-11,19,26H,2,12-13H2,1H3/b18-11-/t19-/m0/s1. The van der Waals surface area contributed by atoms with Crippen molar-refractivity contribution in [3.05, 3.63) is 76.5 Å². The van der Waals surface area contributed by atoms with Gasteiger partial charge in [0, 0.05) is 0 Å². The molecule has 1 fully saturated rings. The number of ether oxygens (including phenoxy) is 1. The molecule has 158 valence electrons. The van der Waals surface area contributed by atoms with Crippen LogP contribution in [-0.4, -0.2) is 57.8 Å². The van der Waals surface area contributed by atoms with E-state index in [0.29, 0.717) is 11.1 Å². The molecule has 3 amide bonds. The average Bonchev–Trinajstić information content (AvgIpc) is 3.03. The summed E-state index contributed by atoms with van der Waals surface area (Å²) in [6.07, 6.45) is 1.51. The van der Waals surface area contributed by atoms with Gasteiger partial charge in [0.25, 0.3) is 17.7 Å². The van der Waals surface area contributed by atoms with Crippen LogP contribution in [0.4, 0.5) is 0 Å². The van der Waals surface area contributed by atoms with Gasteiger partial charge in [0.2, 0.25) is 0 Å². The summed E-state index contributed by atoms with van der Waals surface area (Å²) in [6, 6.07) is 12.3. The number of fused-ring (bicyclic) bond motifs is 1. The normalized spacial score (nSPS) is 18.2. The lowest BCUT2D eigenvalue weighted by atomic mass is 10.0. The molecule has 8 nitrogen and oxygen atoms in total. The Hall–Kier alpha value is -3.78. The number of benzene rings is 2. The van der Waals surface area contributed by atoms with Crippen LogP contribution in [0.15, 0.2) is 54.2 Å². The monoisotopic (exact) mass is 420 g/mol. The maximum Gasteiger partial charge on any atom is 0.355 e. The third kappa shape index (κ3) is 3.51. The highest BCUT2D eigenvalue weighted by atomic mass is 16.5. The molecule has 0 spiro atoms. The molecule has 1 atom stereocenters. The van der Waals surface area contributed by atoms with Crippen LogP contribution < -0.4 is 0 Å². The van der Waals surface area contributed by atoms with E-state index in [1.165, 1.54) is 11.0 Å². The van der Waals surface area contributed by atoms with Crippen LogP contribution in [0.5, 0.6) is 0 Å². The fourth-order valence-corrected chi connectivity index (χ4v) is 3.64. The zero-order chi connectivity index (χ0) is 22.1. The molecular weight excluding hydrogens is 400 g/mol. The van der Waals surface area contributed by atoms with Gasteiger partial charge in [-0.05, 0) is 36.3 Å². The minimum atomic E-state index is -0.970. The summed E-state index contributed by atoms with van der Waals surface area (Å²) in [7, 11) is 0. The van der Waals surface area contributed by atoms with Gasteiger partial charge in [0.05, 0.1) is 30.9 Å². The number of aliphatic hydroxyl groups is 1. The summed E-state index contributed by atoms with van der Waals surface area (Å²) in [6.45, 7) is 1.68. The van der Waals surface area contributed by atoms with Crippen molar-refractivity contribution in [2.75, 3.05) is 13.2 Å². The Labute approximate surface area is 178 Å². The topological polar surface area (TPSA) is 104 Å². The van der Waals surface area contributed by atoms with Crippen molar-refractivity contribution < 1.29 is 29.0 Å². The van der Waals surface area contributed by atoms with Gasteiger partial charge in [0.15, 0.2) is 0 Å². The summed E-state index contributed by atoms with van der Waals surface area (Å²) < 4.78 is 5.09. The van der Waals surface area contributed by atoms with Gasteiger partial charge in [0.1, 0.15) is 11.7 Å². The Kier molecular flexibility index (Phi) is 5.39. The fraction of sp³-hybridized carbons (Fsp3) is 0.217. The zero-order valence-corrected chi connectivity index (χ0v) is 16.8. The third-order valence-corrected chi connectivity index (χ3v) is 5.28. The first kappa shape index (κ1) is 20.5. The highest BCUT2D eigenvalue weighted by Crippen LogP contribution is 2.31. The molecule has 1 N–H and O–H groups in total. The molecule has 0 saturated carbocycles. The molecule has 0 aromatic heterocycles. The SMILES string of the molecule is CCOC(=O)/C(=C/c1ccc(CO)cc1)N1C[C@H](N2C(=O)c3ccccc3C2=O)C1=O. The second-order valence-corrected chi connectivity index (χ2v) is 7.14. The number of aliphatic hydroxyl groups excluding tert-OH is 1. The predicted molar refractivity (Wildman–Crippen MR) is 109 cm³/mol. The van der Waals surface area contributed by atoms with Gasteiger partial charge in [-0.1, -0.05) is 36.4 Å². The maximum atomic E-state index is 12.9. The predicted octanol–water partition coefficient (Wildman–Crippen LogP) is 1.59. The van der Waals surface area contributed by atoms with Crippen LogP contribution in [0.25, 0.3) is 6.08 Å². The summed E-state index contributed by atoms with van der Waals surface area (Å²) in [5, 5.41) is 9.18.